The maximum Gasteiger partial charge on any atom is 0.234 e. The number of hydrogen-bond acceptors (Lipinski definition) is 3. The van der Waals surface area contributed by atoms with E-state index in [0.717, 1.165) is 50.0 Å². The predicted octanol–water partition coefficient (Wildman–Crippen LogP) is -1.74. The van der Waals surface area contributed by atoms with Gasteiger partial charge in [0, 0.05) is 19.1 Å². The van der Waals surface area contributed by atoms with Crippen LogP contribution in [-0.4, -0.2) is 49.7 Å². The van der Waals surface area contributed by atoms with Crippen LogP contribution in [0.4, 0.5) is 0 Å². The second-order valence-corrected chi connectivity index (χ2v) is 7.41. The highest BCUT2D eigenvalue weighted by Crippen LogP contribution is 2.53. The molecule has 0 unspecified atom stereocenters. The summed E-state index contributed by atoms with van der Waals surface area (Å²) in [7, 11) is 0. The fourth-order valence-electron chi connectivity index (χ4n) is 5.35. The maximum absolute atomic E-state index is 12.3. The Morgan fingerprint density at radius 3 is 2.14 bits per heavy atom. The summed E-state index contributed by atoms with van der Waals surface area (Å²) in [5, 5.41) is 3.39. The normalized spacial score (nSPS) is 41.6. The number of carbonyl (C=O) groups is 1. The Labute approximate surface area is 133 Å². The van der Waals surface area contributed by atoms with Gasteiger partial charge in [-0.05, 0) is 55.8 Å². The molecule has 0 aromatic heterocycles. The van der Waals surface area contributed by atoms with E-state index in [9.17, 15) is 4.79 Å². The highest BCUT2D eigenvalue weighted by atomic mass is 35.5. The molecule has 5 aliphatic rings. The van der Waals surface area contributed by atoms with E-state index in [1.165, 1.54) is 32.1 Å². The minimum absolute atomic E-state index is 0. The number of amides is 1. The molecule has 4 nitrogen and oxygen atoms in total. The molecule has 5 rings (SSSR count). The lowest BCUT2D eigenvalue weighted by Crippen LogP contribution is -3.00. The van der Waals surface area contributed by atoms with Gasteiger partial charge in [0.2, 0.25) is 5.91 Å². The standard InChI is InChI=1S/C16H26N2O2.ClH/c19-15(10-18-1-3-20-4-2-18)17-16-13-6-11-5-12(8-13)9-14(16)7-11;/h11-14,16H,1-10H2,(H,17,19);1H/p-1. The highest BCUT2D eigenvalue weighted by Gasteiger charge is 2.48. The van der Waals surface area contributed by atoms with Gasteiger partial charge in [0.1, 0.15) is 0 Å². The van der Waals surface area contributed by atoms with Crippen LogP contribution >= 0.6 is 0 Å². The molecule has 5 heteroatoms. The van der Waals surface area contributed by atoms with Crippen LogP contribution < -0.4 is 17.7 Å². The second kappa shape index (κ2) is 6.43. The Kier molecular flexibility index (Phi) is 4.77. The number of nitrogens with zero attached hydrogens (tertiary/aromatic N) is 1. The van der Waals surface area contributed by atoms with E-state index >= 15 is 0 Å². The first-order valence-electron chi connectivity index (χ1n) is 8.37. The van der Waals surface area contributed by atoms with E-state index in [1.54, 1.807) is 0 Å². The van der Waals surface area contributed by atoms with E-state index < -0.39 is 0 Å². The van der Waals surface area contributed by atoms with Gasteiger partial charge in [-0.3, -0.25) is 9.69 Å². The van der Waals surface area contributed by atoms with Crippen molar-refractivity contribution < 1.29 is 21.9 Å². The molecule has 5 fully saturated rings. The largest absolute Gasteiger partial charge is 1.00 e. The summed E-state index contributed by atoms with van der Waals surface area (Å²) in [6, 6.07) is 0.483. The average Bonchev–Trinajstić information content (AvgIpc) is 2.43. The molecule has 1 saturated heterocycles. The molecule has 21 heavy (non-hydrogen) atoms. The van der Waals surface area contributed by atoms with Gasteiger partial charge >= 0.3 is 0 Å². The van der Waals surface area contributed by atoms with Gasteiger partial charge in [-0.1, -0.05) is 0 Å². The molecule has 120 valence electrons. The molecule has 1 aliphatic heterocycles. The molecule has 1 N–H and O–H groups in total. The first-order chi connectivity index (χ1) is 9.78. The Morgan fingerprint density at radius 2 is 1.57 bits per heavy atom. The highest BCUT2D eigenvalue weighted by molar-refractivity contribution is 5.78. The number of carbonyl (C=O) groups excluding carboxylic acids is 1. The molecular formula is C16H26ClN2O2-. The van der Waals surface area contributed by atoms with Crippen molar-refractivity contribution in [2.75, 3.05) is 32.8 Å². The van der Waals surface area contributed by atoms with E-state index in [-0.39, 0.29) is 18.3 Å². The van der Waals surface area contributed by atoms with Gasteiger partial charge < -0.3 is 22.5 Å². The maximum atomic E-state index is 12.3. The summed E-state index contributed by atoms with van der Waals surface area (Å²) in [5.74, 6) is 3.75. The molecule has 0 radical (unpaired) electrons. The van der Waals surface area contributed by atoms with Gasteiger partial charge in [0.05, 0.1) is 19.8 Å². The van der Waals surface area contributed by atoms with Crippen LogP contribution in [0, 0.1) is 23.7 Å². The zero-order valence-corrected chi connectivity index (χ0v) is 13.4. The van der Waals surface area contributed by atoms with Crippen LogP contribution in [0.25, 0.3) is 0 Å². The third kappa shape index (κ3) is 3.22. The van der Waals surface area contributed by atoms with Crippen molar-refractivity contribution in [1.82, 2.24) is 10.2 Å². The fourth-order valence-corrected chi connectivity index (χ4v) is 5.35. The first-order valence-corrected chi connectivity index (χ1v) is 8.37. The van der Waals surface area contributed by atoms with Gasteiger partial charge in [-0.25, -0.2) is 0 Å². The molecule has 0 aromatic carbocycles. The van der Waals surface area contributed by atoms with E-state index in [2.05, 4.69) is 10.2 Å². The van der Waals surface area contributed by atoms with Crippen molar-refractivity contribution in [3.8, 4) is 0 Å². The minimum atomic E-state index is 0. The third-order valence-corrected chi connectivity index (χ3v) is 6.03. The van der Waals surface area contributed by atoms with Gasteiger partial charge in [-0.15, -0.1) is 0 Å². The van der Waals surface area contributed by atoms with Crippen LogP contribution in [0.5, 0.6) is 0 Å². The predicted molar refractivity (Wildman–Crippen MR) is 76.2 cm³/mol. The van der Waals surface area contributed by atoms with Crippen molar-refractivity contribution in [3.63, 3.8) is 0 Å². The van der Waals surface area contributed by atoms with E-state index in [4.69, 9.17) is 4.74 Å². The van der Waals surface area contributed by atoms with E-state index in [1.807, 2.05) is 0 Å². The van der Waals surface area contributed by atoms with Crippen molar-refractivity contribution in [1.29, 1.82) is 0 Å². The summed E-state index contributed by atoms with van der Waals surface area (Å²) in [4.78, 5) is 14.5. The fraction of sp³-hybridized carbons (Fsp3) is 0.938. The minimum Gasteiger partial charge on any atom is -1.00 e. The van der Waals surface area contributed by atoms with Crippen molar-refractivity contribution in [3.05, 3.63) is 0 Å². The molecule has 0 spiro atoms. The van der Waals surface area contributed by atoms with Gasteiger partial charge in [0.15, 0.2) is 0 Å². The van der Waals surface area contributed by atoms with Crippen LogP contribution in [0.15, 0.2) is 0 Å². The zero-order chi connectivity index (χ0) is 13.5. The number of nitrogens with one attached hydrogen (secondary N) is 1. The third-order valence-electron chi connectivity index (χ3n) is 6.03. The Balaban J connectivity index is 0.00000132. The number of halogens is 1. The molecule has 1 amide bonds. The number of rotatable bonds is 3. The van der Waals surface area contributed by atoms with Crippen LogP contribution in [0.2, 0.25) is 0 Å². The number of morpholine rings is 1. The van der Waals surface area contributed by atoms with E-state index in [0.29, 0.717) is 12.6 Å². The molecule has 0 aromatic rings. The number of hydrogen-bond donors (Lipinski definition) is 1. The Bertz CT molecular complexity index is 356. The Morgan fingerprint density at radius 1 is 1.00 bits per heavy atom. The summed E-state index contributed by atoms with van der Waals surface area (Å²) in [6.07, 6.45) is 6.96. The Hall–Kier alpha value is -0.320. The van der Waals surface area contributed by atoms with Crippen LogP contribution in [0.3, 0.4) is 0 Å². The molecule has 4 saturated carbocycles. The quantitative estimate of drug-likeness (QED) is 0.673. The molecule has 4 bridgehead atoms. The van der Waals surface area contributed by atoms with Crippen molar-refractivity contribution >= 4 is 5.91 Å². The monoisotopic (exact) mass is 313 g/mol. The van der Waals surface area contributed by atoms with Gasteiger partial charge in [-0.2, -0.15) is 0 Å². The molecular weight excluding hydrogens is 288 g/mol. The van der Waals surface area contributed by atoms with Crippen molar-refractivity contribution in [2.45, 2.75) is 38.1 Å². The summed E-state index contributed by atoms with van der Waals surface area (Å²) < 4.78 is 5.34. The van der Waals surface area contributed by atoms with Crippen LogP contribution in [0.1, 0.15) is 32.1 Å². The second-order valence-electron chi connectivity index (χ2n) is 7.41. The van der Waals surface area contributed by atoms with Crippen molar-refractivity contribution in [2.24, 2.45) is 23.7 Å². The summed E-state index contributed by atoms with van der Waals surface area (Å²) >= 11 is 0. The lowest BCUT2D eigenvalue weighted by atomic mass is 9.54. The zero-order valence-electron chi connectivity index (χ0n) is 12.6. The van der Waals surface area contributed by atoms with Crippen LogP contribution in [-0.2, 0) is 9.53 Å². The molecule has 4 aliphatic carbocycles. The molecule has 1 heterocycles. The lowest BCUT2D eigenvalue weighted by Gasteiger charge is -2.54. The summed E-state index contributed by atoms with van der Waals surface area (Å²) in [5.41, 5.74) is 0. The lowest BCUT2D eigenvalue weighted by molar-refractivity contribution is -0.127. The summed E-state index contributed by atoms with van der Waals surface area (Å²) in [6.45, 7) is 3.90. The number of ether oxygens (including phenoxy) is 1. The smallest absolute Gasteiger partial charge is 0.234 e. The first kappa shape index (κ1) is 15.6. The SMILES string of the molecule is O=C(CN1CCOCC1)NC1C2CC3CC(C2)CC1C3.[Cl-]. The topological polar surface area (TPSA) is 41.6 Å². The average molecular weight is 314 g/mol. The van der Waals surface area contributed by atoms with Gasteiger partial charge in [0.25, 0.3) is 0 Å². The molecule has 0 atom stereocenters.